The van der Waals surface area contributed by atoms with Gasteiger partial charge in [0.2, 0.25) is 0 Å². The van der Waals surface area contributed by atoms with Gasteiger partial charge in [0.25, 0.3) is 0 Å². The zero-order valence-corrected chi connectivity index (χ0v) is 9.84. The van der Waals surface area contributed by atoms with Crippen molar-refractivity contribution in [3.63, 3.8) is 0 Å². The third-order valence-electron chi connectivity index (χ3n) is 1.90. The second-order valence-corrected chi connectivity index (χ2v) is 4.18. The molecule has 0 atom stereocenters. The van der Waals surface area contributed by atoms with Crippen molar-refractivity contribution in [1.29, 1.82) is 0 Å². The van der Waals surface area contributed by atoms with Crippen molar-refractivity contribution < 1.29 is 4.74 Å². The molecule has 0 fully saturated rings. The van der Waals surface area contributed by atoms with E-state index in [1.165, 1.54) is 0 Å². The standard InChI is InChI=1S/C12H10N2OS/c1-9-14-11(8-16-9)4-3-10-5-12(15-2)7-13-6-10/h5-8H,1-2H3/i2-1. The van der Waals surface area contributed by atoms with Crippen molar-refractivity contribution >= 4 is 11.3 Å². The molecule has 0 aliphatic heterocycles. The normalized spacial score (nSPS) is 9.38. The van der Waals surface area contributed by atoms with E-state index >= 15 is 0 Å². The van der Waals surface area contributed by atoms with E-state index in [-0.39, 0.29) is 0 Å². The highest BCUT2D eigenvalue weighted by Gasteiger charge is 1.94. The Morgan fingerprint density at radius 1 is 1.31 bits per heavy atom. The quantitative estimate of drug-likeness (QED) is 0.703. The van der Waals surface area contributed by atoms with E-state index in [9.17, 15) is 0 Å². The summed E-state index contributed by atoms with van der Waals surface area (Å²) in [6, 6.07) is 1.85. The summed E-state index contributed by atoms with van der Waals surface area (Å²) >= 11 is 1.59. The summed E-state index contributed by atoms with van der Waals surface area (Å²) in [4.78, 5) is 8.29. The molecule has 0 spiro atoms. The second-order valence-electron chi connectivity index (χ2n) is 3.12. The molecule has 0 radical (unpaired) electrons. The Kier molecular flexibility index (Phi) is 3.18. The third kappa shape index (κ3) is 2.59. The lowest BCUT2D eigenvalue weighted by atomic mass is 10.2. The summed E-state index contributed by atoms with van der Waals surface area (Å²) < 4.78 is 5.07. The molecule has 2 aromatic heterocycles. The predicted molar refractivity (Wildman–Crippen MR) is 63.6 cm³/mol. The lowest BCUT2D eigenvalue weighted by Crippen LogP contribution is -1.85. The lowest BCUT2D eigenvalue weighted by molar-refractivity contribution is 0.413. The van der Waals surface area contributed by atoms with Crippen LogP contribution in [0.1, 0.15) is 16.3 Å². The highest BCUT2D eigenvalue weighted by molar-refractivity contribution is 7.09. The largest absolute Gasteiger partial charge is 0.495 e. The van der Waals surface area contributed by atoms with E-state index in [2.05, 4.69) is 21.8 Å². The van der Waals surface area contributed by atoms with Crippen LogP contribution in [0.2, 0.25) is 0 Å². The van der Waals surface area contributed by atoms with Gasteiger partial charge in [-0.2, -0.15) is 0 Å². The van der Waals surface area contributed by atoms with E-state index in [1.54, 1.807) is 30.8 Å². The summed E-state index contributed by atoms with van der Waals surface area (Å²) in [5.74, 6) is 6.70. The number of hydrogen-bond donors (Lipinski definition) is 0. The van der Waals surface area contributed by atoms with Crippen LogP contribution in [0.3, 0.4) is 0 Å². The number of nitrogens with zero attached hydrogens (tertiary/aromatic N) is 2. The van der Waals surface area contributed by atoms with Gasteiger partial charge in [-0.3, -0.25) is 4.98 Å². The topological polar surface area (TPSA) is 35.0 Å². The van der Waals surface area contributed by atoms with Crippen molar-refractivity contribution in [1.82, 2.24) is 9.97 Å². The highest BCUT2D eigenvalue weighted by atomic mass is 32.1. The fourth-order valence-electron chi connectivity index (χ4n) is 1.16. The van der Waals surface area contributed by atoms with Gasteiger partial charge in [-0.25, -0.2) is 4.98 Å². The molecule has 16 heavy (non-hydrogen) atoms. The molecule has 0 aliphatic rings. The first kappa shape index (κ1) is 10.7. The minimum atomic E-state index is 0.709. The van der Waals surface area contributed by atoms with Crippen LogP contribution in [0.15, 0.2) is 23.8 Å². The van der Waals surface area contributed by atoms with Gasteiger partial charge in [0.1, 0.15) is 11.4 Å². The number of aryl methyl sites for hydroxylation is 1. The minimum Gasteiger partial charge on any atom is -0.495 e. The van der Waals surface area contributed by atoms with Gasteiger partial charge in [0.15, 0.2) is 0 Å². The van der Waals surface area contributed by atoms with Gasteiger partial charge in [0, 0.05) is 17.1 Å². The Labute approximate surface area is 98.1 Å². The molecule has 0 unspecified atom stereocenters. The fraction of sp³-hybridized carbons (Fsp3) is 0.167. The molecule has 0 aliphatic carbocycles. The van der Waals surface area contributed by atoms with E-state index < -0.39 is 0 Å². The Morgan fingerprint density at radius 3 is 2.88 bits per heavy atom. The SMILES string of the molecule is Cc1nc(C#Cc2cncc(O[11CH3])c2)cs1. The molecule has 0 saturated carbocycles. The maximum atomic E-state index is 5.07. The first-order chi connectivity index (χ1) is 7.78. The Bertz CT molecular complexity index is 551. The minimum absolute atomic E-state index is 0.709. The molecule has 2 rings (SSSR count). The van der Waals surface area contributed by atoms with Crippen LogP contribution in [-0.4, -0.2) is 17.1 Å². The number of rotatable bonds is 1. The summed E-state index contributed by atoms with van der Waals surface area (Å²) in [6.07, 6.45) is 3.35. The molecule has 2 heterocycles. The summed E-state index contributed by atoms with van der Waals surface area (Å²) in [7, 11) is 1.61. The van der Waals surface area contributed by atoms with Gasteiger partial charge in [0.05, 0.1) is 18.3 Å². The zero-order chi connectivity index (χ0) is 11.4. The lowest BCUT2D eigenvalue weighted by Gasteiger charge is -1.97. The maximum absolute atomic E-state index is 5.07. The number of hydrogen-bond acceptors (Lipinski definition) is 4. The van der Waals surface area contributed by atoms with Crippen LogP contribution in [0, 0.1) is 18.8 Å². The fourth-order valence-corrected chi connectivity index (χ4v) is 1.70. The molecule has 2 aromatic rings. The molecule has 80 valence electrons. The number of aromatic nitrogens is 2. The Balaban J connectivity index is 2.23. The first-order valence-electron chi connectivity index (χ1n) is 4.71. The van der Waals surface area contributed by atoms with Crippen LogP contribution in [0.25, 0.3) is 0 Å². The number of methoxy groups -OCH3 is 1. The molecular formula is C12H10N2OS. The zero-order valence-electron chi connectivity index (χ0n) is 9.02. The van der Waals surface area contributed by atoms with Gasteiger partial charge in [-0.15, -0.1) is 11.3 Å². The van der Waals surface area contributed by atoms with Crippen LogP contribution in [0.5, 0.6) is 5.75 Å². The smallest absolute Gasteiger partial charge is 0.138 e. The molecule has 0 bridgehead atoms. The molecule has 0 saturated heterocycles. The molecule has 4 heteroatoms. The highest BCUT2D eigenvalue weighted by Crippen LogP contribution is 2.10. The van der Waals surface area contributed by atoms with Crippen molar-refractivity contribution in [3.05, 3.63) is 40.1 Å². The van der Waals surface area contributed by atoms with E-state index in [4.69, 9.17) is 4.74 Å². The van der Waals surface area contributed by atoms with Gasteiger partial charge >= 0.3 is 0 Å². The molecular weight excluding hydrogens is 219 g/mol. The van der Waals surface area contributed by atoms with Crippen molar-refractivity contribution in [2.45, 2.75) is 6.92 Å². The van der Waals surface area contributed by atoms with Crippen LogP contribution in [0.4, 0.5) is 0 Å². The van der Waals surface area contributed by atoms with E-state index in [0.717, 1.165) is 16.3 Å². The number of thiazole rings is 1. The van der Waals surface area contributed by atoms with Gasteiger partial charge in [-0.1, -0.05) is 5.92 Å². The van der Waals surface area contributed by atoms with Crippen LogP contribution < -0.4 is 4.74 Å². The van der Waals surface area contributed by atoms with Crippen molar-refractivity contribution in [2.24, 2.45) is 0 Å². The van der Waals surface area contributed by atoms with Crippen LogP contribution >= 0.6 is 11.3 Å². The van der Waals surface area contributed by atoms with E-state index in [1.807, 2.05) is 18.4 Å². The predicted octanol–water partition coefficient (Wildman–Crippen LogP) is 2.25. The Morgan fingerprint density at radius 2 is 2.19 bits per heavy atom. The average Bonchev–Trinajstić information content (AvgIpc) is 2.73. The Hall–Kier alpha value is -1.86. The monoisotopic (exact) mass is 229 g/mol. The average molecular weight is 229 g/mol. The van der Waals surface area contributed by atoms with Crippen molar-refractivity contribution in [2.75, 3.05) is 7.11 Å². The molecule has 0 amide bonds. The summed E-state index contributed by atoms with van der Waals surface area (Å²) in [5, 5.41) is 2.96. The second kappa shape index (κ2) is 4.77. The number of pyridine rings is 1. The molecule has 3 nitrogen and oxygen atoms in total. The number of ether oxygens (including phenoxy) is 1. The molecule has 0 N–H and O–H groups in total. The summed E-state index contributed by atoms with van der Waals surface area (Å²) in [5.41, 5.74) is 1.62. The molecule has 0 aromatic carbocycles. The van der Waals surface area contributed by atoms with Crippen LogP contribution in [-0.2, 0) is 0 Å². The van der Waals surface area contributed by atoms with E-state index in [0.29, 0.717) is 5.75 Å². The summed E-state index contributed by atoms with van der Waals surface area (Å²) in [6.45, 7) is 1.96. The maximum Gasteiger partial charge on any atom is 0.138 e. The first-order valence-corrected chi connectivity index (χ1v) is 5.59. The van der Waals surface area contributed by atoms with Crippen molar-refractivity contribution in [3.8, 4) is 17.6 Å². The third-order valence-corrected chi connectivity index (χ3v) is 2.68. The van der Waals surface area contributed by atoms with Gasteiger partial charge < -0.3 is 4.74 Å². The van der Waals surface area contributed by atoms with Gasteiger partial charge in [-0.05, 0) is 18.9 Å².